The molecule has 0 amide bonds. The molecule has 0 unspecified atom stereocenters. The van der Waals surface area contributed by atoms with Crippen molar-refractivity contribution in [3.05, 3.63) is 36.0 Å². The summed E-state index contributed by atoms with van der Waals surface area (Å²) in [7, 11) is 0. The molecular formula is C11H15N3S. The molecule has 1 rings (SSSR count). The molecule has 1 heterocycles. The summed E-state index contributed by atoms with van der Waals surface area (Å²) >= 11 is 5.09. The molecule has 0 saturated heterocycles. The molecule has 0 fully saturated rings. The number of thiocarbonyl (C=S) groups is 1. The Hall–Kier alpha value is -1.42. The lowest BCUT2D eigenvalue weighted by atomic mass is 10.3. The Labute approximate surface area is 95.6 Å². The van der Waals surface area contributed by atoms with Crippen LogP contribution < -0.4 is 10.6 Å². The fourth-order valence-corrected chi connectivity index (χ4v) is 1.18. The van der Waals surface area contributed by atoms with Gasteiger partial charge in [0.15, 0.2) is 5.11 Å². The molecule has 2 N–H and O–H groups in total. The number of pyridine rings is 1. The maximum absolute atomic E-state index is 5.09. The van der Waals surface area contributed by atoms with Gasteiger partial charge in [0, 0.05) is 12.2 Å². The molecule has 0 aliphatic heterocycles. The monoisotopic (exact) mass is 221 g/mol. The highest BCUT2D eigenvalue weighted by atomic mass is 32.1. The number of aromatic nitrogens is 1. The number of rotatable bonds is 3. The molecule has 1 aromatic heterocycles. The molecule has 0 bridgehead atoms. The van der Waals surface area contributed by atoms with Gasteiger partial charge in [-0.2, -0.15) is 0 Å². The van der Waals surface area contributed by atoms with E-state index in [1.807, 2.05) is 32.0 Å². The van der Waals surface area contributed by atoms with Gasteiger partial charge in [0.2, 0.25) is 0 Å². The Morgan fingerprint density at radius 1 is 1.53 bits per heavy atom. The van der Waals surface area contributed by atoms with E-state index in [-0.39, 0.29) is 0 Å². The largest absolute Gasteiger partial charge is 0.359 e. The van der Waals surface area contributed by atoms with Gasteiger partial charge in [-0.05, 0) is 38.2 Å². The third kappa shape index (κ3) is 4.56. The van der Waals surface area contributed by atoms with Gasteiger partial charge in [0.25, 0.3) is 0 Å². The summed E-state index contributed by atoms with van der Waals surface area (Å²) in [5.74, 6) is 0.759. The molecule has 0 aliphatic rings. The van der Waals surface area contributed by atoms with Gasteiger partial charge in [0.05, 0.1) is 0 Å². The zero-order valence-corrected chi connectivity index (χ0v) is 9.82. The molecule has 15 heavy (non-hydrogen) atoms. The maximum Gasteiger partial charge on any atom is 0.172 e. The Morgan fingerprint density at radius 3 is 2.87 bits per heavy atom. The summed E-state index contributed by atoms with van der Waals surface area (Å²) in [6.45, 7) is 8.35. The minimum Gasteiger partial charge on any atom is -0.359 e. The van der Waals surface area contributed by atoms with E-state index in [2.05, 4.69) is 22.2 Å². The zero-order valence-electron chi connectivity index (χ0n) is 9.00. The molecular weight excluding hydrogens is 206 g/mol. The van der Waals surface area contributed by atoms with E-state index in [1.165, 1.54) is 0 Å². The smallest absolute Gasteiger partial charge is 0.172 e. The Morgan fingerprint density at radius 2 is 2.27 bits per heavy atom. The predicted molar refractivity (Wildman–Crippen MR) is 68.0 cm³/mol. The first-order chi connectivity index (χ1) is 7.08. The minimum atomic E-state index is 0.566. The second-order valence-corrected chi connectivity index (χ2v) is 3.84. The normalized spacial score (nSPS) is 9.47. The summed E-state index contributed by atoms with van der Waals surface area (Å²) in [6.07, 6.45) is 0. The van der Waals surface area contributed by atoms with Crippen molar-refractivity contribution in [2.45, 2.75) is 13.8 Å². The van der Waals surface area contributed by atoms with E-state index in [0.29, 0.717) is 11.7 Å². The fourth-order valence-electron chi connectivity index (χ4n) is 1.00. The van der Waals surface area contributed by atoms with Crippen molar-refractivity contribution >= 4 is 23.1 Å². The lowest BCUT2D eigenvalue weighted by Gasteiger charge is -2.09. The second-order valence-electron chi connectivity index (χ2n) is 3.43. The predicted octanol–water partition coefficient (Wildman–Crippen LogP) is 2.25. The van der Waals surface area contributed by atoms with E-state index in [9.17, 15) is 0 Å². The first-order valence-electron chi connectivity index (χ1n) is 4.71. The first kappa shape index (κ1) is 11.7. The number of nitrogens with zero attached hydrogens (tertiary/aromatic N) is 1. The van der Waals surface area contributed by atoms with Gasteiger partial charge < -0.3 is 10.6 Å². The molecule has 80 valence electrons. The molecule has 0 spiro atoms. The average Bonchev–Trinajstić information content (AvgIpc) is 2.15. The standard InChI is InChI=1S/C11H15N3S/c1-8(2)7-12-11(15)14-10-6-4-5-9(3)13-10/h4-6H,1,7H2,2-3H3,(H2,12,13,14,15). The van der Waals surface area contributed by atoms with Crippen molar-refractivity contribution in [1.29, 1.82) is 0 Å². The summed E-state index contributed by atoms with van der Waals surface area (Å²) < 4.78 is 0. The van der Waals surface area contributed by atoms with Crippen LogP contribution in [0.5, 0.6) is 0 Å². The summed E-state index contributed by atoms with van der Waals surface area (Å²) in [6, 6.07) is 5.75. The highest BCUT2D eigenvalue weighted by molar-refractivity contribution is 7.80. The Balaban J connectivity index is 2.48. The second kappa shape index (κ2) is 5.46. The van der Waals surface area contributed by atoms with Crippen LogP contribution in [0.25, 0.3) is 0 Å². The fraction of sp³-hybridized carbons (Fsp3) is 0.273. The first-order valence-corrected chi connectivity index (χ1v) is 5.11. The maximum atomic E-state index is 5.09. The third-order valence-electron chi connectivity index (χ3n) is 1.68. The Bertz CT molecular complexity index is 374. The lowest BCUT2D eigenvalue weighted by Crippen LogP contribution is -2.29. The highest BCUT2D eigenvalue weighted by Crippen LogP contribution is 2.03. The van der Waals surface area contributed by atoms with Crippen LogP contribution in [-0.2, 0) is 0 Å². The highest BCUT2D eigenvalue weighted by Gasteiger charge is 1.97. The van der Waals surface area contributed by atoms with Crippen LogP contribution >= 0.6 is 12.2 Å². The van der Waals surface area contributed by atoms with E-state index in [0.717, 1.165) is 17.1 Å². The van der Waals surface area contributed by atoms with Crippen LogP contribution in [0.1, 0.15) is 12.6 Å². The van der Waals surface area contributed by atoms with E-state index in [4.69, 9.17) is 12.2 Å². The van der Waals surface area contributed by atoms with Crippen molar-refractivity contribution in [1.82, 2.24) is 10.3 Å². The van der Waals surface area contributed by atoms with Crippen LogP contribution in [0.3, 0.4) is 0 Å². The van der Waals surface area contributed by atoms with Crippen molar-refractivity contribution in [3.8, 4) is 0 Å². The summed E-state index contributed by atoms with van der Waals surface area (Å²) in [4.78, 5) is 4.28. The van der Waals surface area contributed by atoms with E-state index < -0.39 is 0 Å². The minimum absolute atomic E-state index is 0.566. The van der Waals surface area contributed by atoms with Gasteiger partial charge in [-0.3, -0.25) is 0 Å². The molecule has 3 nitrogen and oxygen atoms in total. The van der Waals surface area contributed by atoms with Crippen LogP contribution in [0.4, 0.5) is 5.82 Å². The molecule has 0 aromatic carbocycles. The summed E-state index contributed by atoms with van der Waals surface area (Å²) in [5.41, 5.74) is 2.00. The molecule has 1 aromatic rings. The van der Waals surface area contributed by atoms with Crippen molar-refractivity contribution in [2.75, 3.05) is 11.9 Å². The molecule has 0 radical (unpaired) electrons. The van der Waals surface area contributed by atoms with Crippen LogP contribution in [-0.4, -0.2) is 16.6 Å². The average molecular weight is 221 g/mol. The van der Waals surface area contributed by atoms with Gasteiger partial charge in [-0.15, -0.1) is 0 Å². The van der Waals surface area contributed by atoms with Gasteiger partial charge in [-0.1, -0.05) is 18.2 Å². The summed E-state index contributed by atoms with van der Waals surface area (Å²) in [5, 5.41) is 6.60. The lowest BCUT2D eigenvalue weighted by molar-refractivity contribution is 0.997. The number of anilines is 1. The van der Waals surface area contributed by atoms with Gasteiger partial charge in [0.1, 0.15) is 5.82 Å². The van der Waals surface area contributed by atoms with Gasteiger partial charge >= 0.3 is 0 Å². The Kier molecular flexibility index (Phi) is 4.24. The number of aryl methyl sites for hydroxylation is 1. The third-order valence-corrected chi connectivity index (χ3v) is 1.93. The van der Waals surface area contributed by atoms with Crippen molar-refractivity contribution in [3.63, 3.8) is 0 Å². The topological polar surface area (TPSA) is 37.0 Å². The van der Waals surface area contributed by atoms with E-state index in [1.54, 1.807) is 0 Å². The van der Waals surface area contributed by atoms with Crippen molar-refractivity contribution in [2.24, 2.45) is 0 Å². The zero-order chi connectivity index (χ0) is 11.3. The van der Waals surface area contributed by atoms with Crippen LogP contribution in [0.2, 0.25) is 0 Å². The number of nitrogens with one attached hydrogen (secondary N) is 2. The number of hydrogen-bond acceptors (Lipinski definition) is 2. The molecule has 0 atom stereocenters. The van der Waals surface area contributed by atoms with Crippen molar-refractivity contribution < 1.29 is 0 Å². The van der Waals surface area contributed by atoms with Crippen LogP contribution in [0, 0.1) is 6.92 Å². The molecule has 4 heteroatoms. The van der Waals surface area contributed by atoms with E-state index >= 15 is 0 Å². The molecule has 0 saturated carbocycles. The molecule has 0 aliphatic carbocycles. The van der Waals surface area contributed by atoms with Gasteiger partial charge in [-0.25, -0.2) is 4.98 Å². The number of hydrogen-bond donors (Lipinski definition) is 2. The SMILES string of the molecule is C=C(C)CNC(=S)Nc1cccc(C)n1. The van der Waals surface area contributed by atoms with Crippen LogP contribution in [0.15, 0.2) is 30.4 Å². The quantitative estimate of drug-likeness (QED) is 0.606.